The van der Waals surface area contributed by atoms with E-state index in [0.717, 1.165) is 23.9 Å². The summed E-state index contributed by atoms with van der Waals surface area (Å²) < 4.78 is 66.8. The summed E-state index contributed by atoms with van der Waals surface area (Å²) in [5.41, 5.74) is -0.183. The van der Waals surface area contributed by atoms with Crippen molar-refractivity contribution in [3.63, 3.8) is 0 Å². The highest BCUT2D eigenvalue weighted by atomic mass is 35.5. The number of halogens is 4. The molecule has 0 atom stereocenters. The SMILES string of the molecule is O=C(c1cc(S(=O)(=O)Nc2cccc(C(F)(F)F)c2)ccc1Cl)N1CCN(c2ccccc2)CC1. The molecule has 1 amide bonds. The Labute approximate surface area is 206 Å². The number of carbonyl (C=O) groups excluding carboxylic acids is 1. The highest BCUT2D eigenvalue weighted by molar-refractivity contribution is 7.92. The molecule has 1 N–H and O–H groups in total. The molecule has 1 aliphatic rings. The maximum absolute atomic E-state index is 13.1. The van der Waals surface area contributed by atoms with Crippen molar-refractivity contribution in [2.75, 3.05) is 35.8 Å². The summed E-state index contributed by atoms with van der Waals surface area (Å²) in [6.07, 6.45) is -4.62. The fourth-order valence-corrected chi connectivity index (χ4v) is 5.06. The average Bonchev–Trinajstić information content (AvgIpc) is 2.84. The number of carbonyl (C=O) groups is 1. The molecule has 1 heterocycles. The molecule has 0 unspecified atom stereocenters. The van der Waals surface area contributed by atoms with Crippen molar-refractivity contribution in [1.82, 2.24) is 4.90 Å². The van der Waals surface area contributed by atoms with Crippen LogP contribution in [0.1, 0.15) is 15.9 Å². The standard InChI is InChI=1S/C24H21ClF3N3O3S/c25-22-10-9-20(35(33,34)29-18-6-4-5-17(15-18)24(26,27)28)16-21(22)23(32)31-13-11-30(12-14-31)19-7-2-1-3-8-19/h1-10,15-16,29H,11-14H2. The molecule has 0 saturated carbocycles. The van der Waals surface area contributed by atoms with Gasteiger partial charge in [0.15, 0.2) is 0 Å². The van der Waals surface area contributed by atoms with E-state index in [-0.39, 0.29) is 21.2 Å². The minimum Gasteiger partial charge on any atom is -0.368 e. The number of sulfonamides is 1. The van der Waals surface area contributed by atoms with Gasteiger partial charge in [0.05, 0.1) is 21.0 Å². The number of nitrogens with one attached hydrogen (secondary N) is 1. The first-order valence-corrected chi connectivity index (χ1v) is 12.5. The molecular weight excluding hydrogens is 503 g/mol. The average molecular weight is 524 g/mol. The molecule has 1 aliphatic heterocycles. The number of para-hydroxylation sites is 1. The lowest BCUT2D eigenvalue weighted by Gasteiger charge is -2.36. The van der Waals surface area contributed by atoms with E-state index < -0.39 is 27.7 Å². The maximum Gasteiger partial charge on any atom is 0.416 e. The molecule has 11 heteroatoms. The Morgan fingerprint density at radius 3 is 2.23 bits per heavy atom. The molecule has 1 fully saturated rings. The van der Waals surface area contributed by atoms with Crippen LogP contribution < -0.4 is 9.62 Å². The predicted molar refractivity (Wildman–Crippen MR) is 128 cm³/mol. The minimum absolute atomic E-state index is 0.00625. The molecule has 4 rings (SSSR count). The third-order valence-electron chi connectivity index (χ3n) is 5.61. The van der Waals surface area contributed by atoms with Crippen molar-refractivity contribution in [2.45, 2.75) is 11.1 Å². The molecule has 1 saturated heterocycles. The van der Waals surface area contributed by atoms with Crippen LogP contribution in [0.25, 0.3) is 0 Å². The van der Waals surface area contributed by atoms with Gasteiger partial charge in [-0.3, -0.25) is 9.52 Å². The second-order valence-corrected chi connectivity index (χ2v) is 10.0. The van der Waals surface area contributed by atoms with E-state index in [1.165, 1.54) is 18.2 Å². The molecule has 0 aliphatic carbocycles. The number of alkyl halides is 3. The number of piperazine rings is 1. The summed E-state index contributed by atoms with van der Waals surface area (Å²) in [5, 5.41) is 0.0820. The monoisotopic (exact) mass is 523 g/mol. The number of amides is 1. The first kappa shape index (κ1) is 24.9. The van der Waals surface area contributed by atoms with Gasteiger partial charge < -0.3 is 9.80 Å². The normalized spacial score (nSPS) is 14.6. The number of anilines is 2. The largest absolute Gasteiger partial charge is 0.416 e. The predicted octanol–water partition coefficient (Wildman–Crippen LogP) is 5.12. The Balaban J connectivity index is 1.51. The molecule has 3 aromatic rings. The van der Waals surface area contributed by atoms with Crippen LogP contribution in [0.5, 0.6) is 0 Å². The molecule has 184 valence electrons. The van der Waals surface area contributed by atoms with E-state index in [1.807, 2.05) is 30.3 Å². The van der Waals surface area contributed by atoms with Crippen LogP contribution in [0, 0.1) is 0 Å². The second-order valence-electron chi connectivity index (χ2n) is 7.94. The topological polar surface area (TPSA) is 69.7 Å². The maximum atomic E-state index is 13.1. The summed E-state index contributed by atoms with van der Waals surface area (Å²) >= 11 is 6.22. The van der Waals surface area contributed by atoms with Crippen molar-refractivity contribution in [1.29, 1.82) is 0 Å². The van der Waals surface area contributed by atoms with Crippen molar-refractivity contribution < 1.29 is 26.4 Å². The van der Waals surface area contributed by atoms with Crippen LogP contribution in [0.4, 0.5) is 24.5 Å². The van der Waals surface area contributed by atoms with E-state index in [4.69, 9.17) is 11.6 Å². The smallest absolute Gasteiger partial charge is 0.368 e. The van der Waals surface area contributed by atoms with Gasteiger partial charge in [-0.1, -0.05) is 35.9 Å². The molecule has 3 aromatic carbocycles. The lowest BCUT2D eigenvalue weighted by atomic mass is 10.1. The zero-order chi connectivity index (χ0) is 25.2. The van der Waals surface area contributed by atoms with Gasteiger partial charge in [-0.05, 0) is 48.5 Å². The Hall–Kier alpha value is -3.24. The van der Waals surface area contributed by atoms with Gasteiger partial charge in [-0.25, -0.2) is 8.42 Å². The van der Waals surface area contributed by atoms with Crippen molar-refractivity contribution in [3.05, 3.63) is 88.9 Å². The number of hydrogen-bond acceptors (Lipinski definition) is 4. The second kappa shape index (κ2) is 9.79. The van der Waals surface area contributed by atoms with E-state index in [2.05, 4.69) is 9.62 Å². The fourth-order valence-electron chi connectivity index (χ4n) is 3.79. The number of rotatable bonds is 5. The van der Waals surface area contributed by atoms with E-state index >= 15 is 0 Å². The van der Waals surface area contributed by atoms with Gasteiger partial charge in [0, 0.05) is 37.6 Å². The third-order valence-corrected chi connectivity index (χ3v) is 7.32. The zero-order valence-corrected chi connectivity index (χ0v) is 19.9. The highest BCUT2D eigenvalue weighted by Crippen LogP contribution is 2.31. The quantitative estimate of drug-likeness (QED) is 0.504. The van der Waals surface area contributed by atoms with Gasteiger partial charge in [0.1, 0.15) is 0 Å². The Morgan fingerprint density at radius 2 is 1.57 bits per heavy atom. The minimum atomic E-state index is -4.62. The van der Waals surface area contributed by atoms with Crippen LogP contribution in [0.15, 0.2) is 77.7 Å². The lowest BCUT2D eigenvalue weighted by molar-refractivity contribution is -0.137. The molecule has 35 heavy (non-hydrogen) atoms. The number of benzene rings is 3. The summed E-state index contributed by atoms with van der Waals surface area (Å²) in [6.45, 7) is 2.04. The highest BCUT2D eigenvalue weighted by Gasteiger charge is 2.31. The van der Waals surface area contributed by atoms with Gasteiger partial charge >= 0.3 is 6.18 Å². The van der Waals surface area contributed by atoms with Gasteiger partial charge in [0.25, 0.3) is 15.9 Å². The lowest BCUT2D eigenvalue weighted by Crippen LogP contribution is -2.48. The fraction of sp³-hybridized carbons (Fsp3) is 0.208. The molecule has 6 nitrogen and oxygen atoms in total. The van der Waals surface area contributed by atoms with Gasteiger partial charge in [-0.2, -0.15) is 13.2 Å². The van der Waals surface area contributed by atoms with E-state index in [1.54, 1.807) is 4.90 Å². The first-order valence-electron chi connectivity index (χ1n) is 10.6. The Bertz CT molecular complexity index is 1330. The summed E-state index contributed by atoms with van der Waals surface area (Å²) in [5.74, 6) is -0.418. The zero-order valence-electron chi connectivity index (χ0n) is 18.3. The van der Waals surface area contributed by atoms with Crippen LogP contribution >= 0.6 is 11.6 Å². The molecule has 0 radical (unpaired) electrons. The summed E-state index contributed by atoms with van der Waals surface area (Å²) in [6, 6.07) is 17.3. The van der Waals surface area contributed by atoms with Crippen LogP contribution in [0.2, 0.25) is 5.02 Å². The molecule has 0 aromatic heterocycles. The number of hydrogen-bond donors (Lipinski definition) is 1. The molecule has 0 bridgehead atoms. The number of nitrogens with zero attached hydrogens (tertiary/aromatic N) is 2. The molecular formula is C24H21ClF3N3O3S. The molecule has 0 spiro atoms. The van der Waals surface area contributed by atoms with E-state index in [0.29, 0.717) is 32.2 Å². The first-order chi connectivity index (χ1) is 16.5. The van der Waals surface area contributed by atoms with Crippen molar-refractivity contribution >= 4 is 38.9 Å². The van der Waals surface area contributed by atoms with Crippen molar-refractivity contribution in [3.8, 4) is 0 Å². The Morgan fingerprint density at radius 1 is 0.886 bits per heavy atom. The van der Waals surface area contributed by atoms with Crippen LogP contribution in [-0.4, -0.2) is 45.4 Å². The summed E-state index contributed by atoms with van der Waals surface area (Å²) in [7, 11) is -4.28. The van der Waals surface area contributed by atoms with Crippen LogP contribution in [0.3, 0.4) is 0 Å². The summed E-state index contributed by atoms with van der Waals surface area (Å²) in [4.78, 5) is 16.6. The van der Waals surface area contributed by atoms with Gasteiger partial charge in [-0.15, -0.1) is 0 Å². The van der Waals surface area contributed by atoms with Gasteiger partial charge in [0.2, 0.25) is 0 Å². The van der Waals surface area contributed by atoms with E-state index in [9.17, 15) is 26.4 Å². The third kappa shape index (κ3) is 5.71. The van der Waals surface area contributed by atoms with Crippen molar-refractivity contribution in [2.24, 2.45) is 0 Å². The Kier molecular flexibility index (Phi) is 6.95. The van der Waals surface area contributed by atoms with Crippen LogP contribution in [-0.2, 0) is 16.2 Å².